The van der Waals surface area contributed by atoms with Crippen LogP contribution in [0.5, 0.6) is 0 Å². The van der Waals surface area contributed by atoms with Gasteiger partial charge in [-0.15, -0.1) is 6.58 Å². The van der Waals surface area contributed by atoms with Crippen LogP contribution in [0.1, 0.15) is 33.6 Å². The zero-order chi connectivity index (χ0) is 16.5. The standard InChI is InChI=1S/C15H24N2O4/c1-6-7-8-13(18)17(5)12(11-21-15(2,3)4)14(19)20-10-9-16/h6,12H,1,7-8,10-11H2,2-5H3. The minimum absolute atomic E-state index is 0.0179. The van der Waals surface area contributed by atoms with Crippen LogP contribution in [0.15, 0.2) is 12.7 Å². The molecule has 0 aromatic carbocycles. The van der Waals surface area contributed by atoms with E-state index in [4.69, 9.17) is 14.7 Å². The Labute approximate surface area is 126 Å². The topological polar surface area (TPSA) is 79.6 Å². The number of esters is 1. The first-order valence-corrected chi connectivity index (χ1v) is 6.77. The second kappa shape index (κ2) is 9.14. The number of hydrogen-bond donors (Lipinski definition) is 0. The minimum Gasteiger partial charge on any atom is -0.449 e. The van der Waals surface area contributed by atoms with Crippen molar-refractivity contribution < 1.29 is 19.1 Å². The molecule has 0 fully saturated rings. The molecule has 0 aromatic rings. The van der Waals surface area contributed by atoms with E-state index in [1.54, 1.807) is 12.1 Å². The third-order valence-corrected chi connectivity index (χ3v) is 2.65. The van der Waals surface area contributed by atoms with Crippen LogP contribution in [0.4, 0.5) is 0 Å². The SMILES string of the molecule is C=CCCC(=O)N(C)C(COC(C)(C)C)C(=O)OCC#N. The van der Waals surface area contributed by atoms with Gasteiger partial charge in [0.1, 0.15) is 6.07 Å². The van der Waals surface area contributed by atoms with Crippen LogP contribution >= 0.6 is 0 Å². The van der Waals surface area contributed by atoms with E-state index in [0.717, 1.165) is 0 Å². The van der Waals surface area contributed by atoms with Gasteiger partial charge in [0.05, 0.1) is 12.2 Å². The molecular formula is C15H24N2O4. The number of nitriles is 1. The number of likely N-dealkylation sites (N-methyl/N-ethyl adjacent to an activating group) is 1. The van der Waals surface area contributed by atoms with Crippen LogP contribution in [0, 0.1) is 11.3 Å². The highest BCUT2D eigenvalue weighted by molar-refractivity contribution is 5.84. The molecule has 0 saturated heterocycles. The molecule has 0 rings (SSSR count). The van der Waals surface area contributed by atoms with Gasteiger partial charge in [-0.3, -0.25) is 4.79 Å². The van der Waals surface area contributed by atoms with Gasteiger partial charge in [-0.1, -0.05) is 6.08 Å². The Kier molecular flexibility index (Phi) is 8.32. The Morgan fingerprint density at radius 3 is 2.52 bits per heavy atom. The summed E-state index contributed by atoms with van der Waals surface area (Å²) in [6.45, 7) is 8.78. The number of rotatable bonds is 8. The lowest BCUT2D eigenvalue weighted by atomic mass is 10.2. The third-order valence-electron chi connectivity index (χ3n) is 2.65. The van der Waals surface area contributed by atoms with Crippen LogP contribution in [0.3, 0.4) is 0 Å². The fourth-order valence-electron chi connectivity index (χ4n) is 1.44. The number of allylic oxidation sites excluding steroid dienone is 1. The van der Waals surface area contributed by atoms with Gasteiger partial charge >= 0.3 is 5.97 Å². The summed E-state index contributed by atoms with van der Waals surface area (Å²) in [7, 11) is 1.52. The van der Waals surface area contributed by atoms with E-state index >= 15 is 0 Å². The first kappa shape index (κ1) is 19.1. The summed E-state index contributed by atoms with van der Waals surface area (Å²) >= 11 is 0. The molecule has 0 spiro atoms. The second-order valence-electron chi connectivity index (χ2n) is 5.54. The Morgan fingerprint density at radius 1 is 1.43 bits per heavy atom. The van der Waals surface area contributed by atoms with Crippen LogP contribution in [0.2, 0.25) is 0 Å². The maximum atomic E-state index is 12.0. The number of amides is 1. The van der Waals surface area contributed by atoms with Crippen molar-refractivity contribution in [2.75, 3.05) is 20.3 Å². The molecule has 0 bridgehead atoms. The van der Waals surface area contributed by atoms with Crippen molar-refractivity contribution in [3.05, 3.63) is 12.7 Å². The summed E-state index contributed by atoms with van der Waals surface area (Å²) in [5, 5.41) is 8.47. The zero-order valence-electron chi connectivity index (χ0n) is 13.2. The Balaban J connectivity index is 4.84. The first-order valence-electron chi connectivity index (χ1n) is 6.77. The van der Waals surface area contributed by atoms with Crippen molar-refractivity contribution in [1.82, 2.24) is 4.90 Å². The molecule has 0 radical (unpaired) electrons. The van der Waals surface area contributed by atoms with Crippen LogP contribution < -0.4 is 0 Å². The number of hydrogen-bond acceptors (Lipinski definition) is 5. The summed E-state index contributed by atoms with van der Waals surface area (Å²) in [5.41, 5.74) is -0.446. The average molecular weight is 296 g/mol. The lowest BCUT2D eigenvalue weighted by molar-refractivity contribution is -0.158. The van der Waals surface area contributed by atoms with Crippen molar-refractivity contribution in [3.63, 3.8) is 0 Å². The average Bonchev–Trinajstić information content (AvgIpc) is 2.40. The maximum absolute atomic E-state index is 12.0. The lowest BCUT2D eigenvalue weighted by Crippen LogP contribution is -2.47. The molecule has 0 N–H and O–H groups in total. The Hall–Kier alpha value is -1.87. The lowest BCUT2D eigenvalue weighted by Gasteiger charge is -2.29. The number of nitrogens with zero attached hydrogens (tertiary/aromatic N) is 2. The van der Waals surface area contributed by atoms with Crippen LogP contribution in [-0.2, 0) is 19.1 Å². The quantitative estimate of drug-likeness (QED) is 0.503. The molecule has 6 heteroatoms. The summed E-state index contributed by atoms with van der Waals surface area (Å²) in [6, 6.07) is 0.862. The molecule has 6 nitrogen and oxygen atoms in total. The van der Waals surface area contributed by atoms with Crippen molar-refractivity contribution in [2.45, 2.75) is 45.3 Å². The van der Waals surface area contributed by atoms with Crippen molar-refractivity contribution >= 4 is 11.9 Å². The van der Waals surface area contributed by atoms with E-state index in [0.29, 0.717) is 6.42 Å². The number of carbonyl (C=O) groups is 2. The molecule has 0 aliphatic rings. The zero-order valence-corrected chi connectivity index (χ0v) is 13.2. The van der Waals surface area contributed by atoms with Gasteiger partial charge in [-0.2, -0.15) is 5.26 Å². The summed E-state index contributed by atoms with van der Waals surface area (Å²) in [5.74, 6) is -0.846. The van der Waals surface area contributed by atoms with E-state index in [1.165, 1.54) is 11.9 Å². The van der Waals surface area contributed by atoms with Gasteiger partial charge in [0.15, 0.2) is 12.6 Å². The number of carbonyl (C=O) groups excluding carboxylic acids is 2. The second-order valence-corrected chi connectivity index (χ2v) is 5.54. The molecule has 0 aromatic heterocycles. The van der Waals surface area contributed by atoms with Crippen molar-refractivity contribution in [2.24, 2.45) is 0 Å². The number of ether oxygens (including phenoxy) is 2. The summed E-state index contributed by atoms with van der Waals surface area (Å²) in [4.78, 5) is 25.3. The van der Waals surface area contributed by atoms with Gasteiger partial charge in [0, 0.05) is 13.5 Å². The molecular weight excluding hydrogens is 272 g/mol. The Morgan fingerprint density at radius 2 is 2.05 bits per heavy atom. The predicted molar refractivity (Wildman–Crippen MR) is 78.3 cm³/mol. The fourth-order valence-corrected chi connectivity index (χ4v) is 1.44. The van der Waals surface area contributed by atoms with Gasteiger partial charge in [-0.25, -0.2) is 4.79 Å². The smallest absolute Gasteiger partial charge is 0.332 e. The molecule has 1 amide bonds. The highest BCUT2D eigenvalue weighted by Gasteiger charge is 2.29. The largest absolute Gasteiger partial charge is 0.449 e. The maximum Gasteiger partial charge on any atom is 0.332 e. The van der Waals surface area contributed by atoms with Gasteiger partial charge in [0.25, 0.3) is 0 Å². The summed E-state index contributed by atoms with van der Waals surface area (Å²) in [6.07, 6.45) is 2.43. The molecule has 0 heterocycles. The predicted octanol–water partition coefficient (Wildman–Crippen LogP) is 1.66. The van der Waals surface area contributed by atoms with Crippen molar-refractivity contribution in [3.8, 4) is 6.07 Å². The molecule has 1 unspecified atom stereocenters. The van der Waals surface area contributed by atoms with Gasteiger partial charge in [-0.05, 0) is 27.2 Å². The summed E-state index contributed by atoms with van der Waals surface area (Å²) < 4.78 is 10.4. The fraction of sp³-hybridized carbons (Fsp3) is 0.667. The monoisotopic (exact) mass is 296 g/mol. The normalized spacial score (nSPS) is 12.1. The van der Waals surface area contributed by atoms with Crippen molar-refractivity contribution in [1.29, 1.82) is 5.26 Å². The van der Waals surface area contributed by atoms with Gasteiger partial charge in [0.2, 0.25) is 5.91 Å². The van der Waals surface area contributed by atoms with E-state index in [2.05, 4.69) is 6.58 Å². The molecule has 0 aliphatic heterocycles. The van der Waals surface area contributed by atoms with E-state index in [-0.39, 0.29) is 25.5 Å². The van der Waals surface area contributed by atoms with Crippen LogP contribution in [-0.4, -0.2) is 48.7 Å². The highest BCUT2D eigenvalue weighted by Crippen LogP contribution is 2.11. The van der Waals surface area contributed by atoms with E-state index in [1.807, 2.05) is 20.8 Å². The van der Waals surface area contributed by atoms with E-state index in [9.17, 15) is 9.59 Å². The Bertz CT molecular complexity index is 407. The van der Waals surface area contributed by atoms with Gasteiger partial charge < -0.3 is 14.4 Å². The molecule has 0 aliphatic carbocycles. The molecule has 1 atom stereocenters. The molecule has 118 valence electrons. The molecule has 21 heavy (non-hydrogen) atoms. The third kappa shape index (κ3) is 8.10. The van der Waals surface area contributed by atoms with Crippen LogP contribution in [0.25, 0.3) is 0 Å². The minimum atomic E-state index is -0.866. The highest BCUT2D eigenvalue weighted by atomic mass is 16.5. The molecule has 0 saturated carbocycles. The first-order chi connectivity index (χ1) is 9.72. The van der Waals surface area contributed by atoms with E-state index < -0.39 is 17.6 Å².